The van der Waals surface area contributed by atoms with Gasteiger partial charge < -0.3 is 0 Å². The lowest BCUT2D eigenvalue weighted by Crippen LogP contribution is -2.04. The summed E-state index contributed by atoms with van der Waals surface area (Å²) in [5, 5.41) is 4.51. The van der Waals surface area contributed by atoms with Gasteiger partial charge in [0, 0.05) is 49.9 Å². The van der Waals surface area contributed by atoms with E-state index in [4.69, 9.17) is 19.9 Å². The smallest absolute Gasteiger partial charge is 0.235 e. The second-order valence-corrected chi connectivity index (χ2v) is 21.8. The monoisotopic (exact) mass is 1100 g/mol. The van der Waals surface area contributed by atoms with Crippen molar-refractivity contribution in [3.8, 4) is 113 Å². The second-order valence-electron chi connectivity index (χ2n) is 21.8. The standard InChI is InChI=1S/C80H52N6/c1-5-17-53(18-6-1)57-29-37-61(38-30-57)71-51-72(62-39-31-58(32-40-62)54-19-7-2-8-20-54)83-80(82-71)86-75-28-16-14-26-68(75)70-50-66(46-48-77(70)86)65-45-47-76-69(49-65)67-25-13-15-27-74(67)85(76)78-52-73(63-41-33-59(34-42-63)55-21-9-3-10-22-55)81-79(84-78)64-43-35-60(36-44-64)56-23-11-4-12-24-56/h1-52H. The van der Waals surface area contributed by atoms with E-state index in [9.17, 15) is 0 Å². The molecule has 86 heavy (non-hydrogen) atoms. The molecule has 0 saturated heterocycles. The Balaban J connectivity index is 0.811. The second kappa shape index (κ2) is 21.3. The van der Waals surface area contributed by atoms with Crippen LogP contribution in [0, 0.1) is 0 Å². The summed E-state index contributed by atoms with van der Waals surface area (Å²) in [6.45, 7) is 0. The minimum atomic E-state index is 0.606. The molecule has 0 unspecified atom stereocenters. The maximum absolute atomic E-state index is 5.43. The molecule has 4 aromatic heterocycles. The van der Waals surface area contributed by atoms with E-state index in [2.05, 4.69) is 319 Å². The number of benzene rings is 12. The summed E-state index contributed by atoms with van der Waals surface area (Å²) in [7, 11) is 0. The Bertz CT molecular complexity index is 4620. The highest BCUT2D eigenvalue weighted by Gasteiger charge is 2.21. The lowest BCUT2D eigenvalue weighted by Gasteiger charge is -2.13. The first-order valence-electron chi connectivity index (χ1n) is 29.1. The number of fused-ring (bicyclic) bond motifs is 6. The summed E-state index contributed by atoms with van der Waals surface area (Å²) < 4.78 is 4.53. The molecule has 4 heterocycles. The average Bonchev–Trinajstić information content (AvgIpc) is 2.16. The third-order valence-electron chi connectivity index (χ3n) is 16.6. The van der Waals surface area contributed by atoms with E-state index in [1.807, 2.05) is 6.07 Å². The summed E-state index contributed by atoms with van der Waals surface area (Å²) in [6.07, 6.45) is 0. The minimum absolute atomic E-state index is 0.606. The molecule has 0 bridgehead atoms. The molecule has 0 saturated carbocycles. The van der Waals surface area contributed by atoms with Crippen LogP contribution in [0.3, 0.4) is 0 Å². The molecule has 0 radical (unpaired) electrons. The molecule has 6 heteroatoms. The van der Waals surface area contributed by atoms with Crippen LogP contribution in [-0.2, 0) is 0 Å². The fourth-order valence-corrected chi connectivity index (χ4v) is 12.3. The van der Waals surface area contributed by atoms with E-state index in [1.165, 1.54) is 16.7 Å². The van der Waals surface area contributed by atoms with Gasteiger partial charge in [0.15, 0.2) is 5.82 Å². The molecule has 0 atom stereocenters. The summed E-state index contributed by atoms with van der Waals surface area (Å²) in [4.78, 5) is 21.6. The predicted octanol–water partition coefficient (Wildman–Crippen LogP) is 20.5. The zero-order valence-electron chi connectivity index (χ0n) is 46.7. The molecular weight excluding hydrogens is 1040 g/mol. The van der Waals surface area contributed by atoms with E-state index in [-0.39, 0.29) is 0 Å². The van der Waals surface area contributed by atoms with E-state index >= 15 is 0 Å². The first-order chi connectivity index (χ1) is 42.6. The van der Waals surface area contributed by atoms with Gasteiger partial charge in [-0.2, -0.15) is 0 Å². The molecular formula is C80H52N6. The number of aromatic nitrogens is 6. The van der Waals surface area contributed by atoms with Crippen LogP contribution in [0.1, 0.15) is 0 Å². The molecule has 16 aromatic rings. The molecule has 16 rings (SSSR count). The van der Waals surface area contributed by atoms with Gasteiger partial charge in [-0.1, -0.05) is 267 Å². The first-order valence-corrected chi connectivity index (χ1v) is 29.1. The van der Waals surface area contributed by atoms with Gasteiger partial charge in [0.2, 0.25) is 5.95 Å². The van der Waals surface area contributed by atoms with Crippen molar-refractivity contribution >= 4 is 43.6 Å². The van der Waals surface area contributed by atoms with E-state index in [0.29, 0.717) is 11.8 Å². The van der Waals surface area contributed by atoms with Crippen molar-refractivity contribution in [1.29, 1.82) is 0 Å². The summed E-state index contributed by atoms with van der Waals surface area (Å²) in [5.41, 5.74) is 22.2. The lowest BCUT2D eigenvalue weighted by atomic mass is 10.0. The van der Waals surface area contributed by atoms with Gasteiger partial charge in [-0.15, -0.1) is 0 Å². The Kier molecular flexibility index (Phi) is 12.4. The van der Waals surface area contributed by atoms with Gasteiger partial charge in [-0.05, 0) is 98.1 Å². The van der Waals surface area contributed by atoms with Crippen LogP contribution in [-0.4, -0.2) is 29.1 Å². The Morgan fingerprint density at radius 3 is 0.907 bits per heavy atom. The van der Waals surface area contributed by atoms with Crippen molar-refractivity contribution in [2.75, 3.05) is 0 Å². The van der Waals surface area contributed by atoms with Gasteiger partial charge in [-0.25, -0.2) is 19.9 Å². The van der Waals surface area contributed by atoms with E-state index in [1.54, 1.807) is 0 Å². The Hall–Kier alpha value is -11.6. The number of hydrogen-bond donors (Lipinski definition) is 0. The molecule has 0 aliphatic heterocycles. The number of nitrogens with zero attached hydrogens (tertiary/aromatic N) is 6. The van der Waals surface area contributed by atoms with Gasteiger partial charge in [-0.3, -0.25) is 9.13 Å². The van der Waals surface area contributed by atoms with Crippen molar-refractivity contribution < 1.29 is 0 Å². The molecule has 0 aliphatic carbocycles. The third-order valence-corrected chi connectivity index (χ3v) is 16.6. The number of para-hydroxylation sites is 2. The molecule has 12 aromatic carbocycles. The SMILES string of the molecule is c1ccc(-c2ccc(-c3cc(-n4c5ccccc5c5cc(-c6ccc7c(c6)c6ccccc6n7-c6nc(-c7ccc(-c8ccccc8)cc7)cc(-c7ccc(-c8ccccc8)cc7)n6)ccc54)nc(-c4ccc(-c5ccccc5)cc4)n3)cc2)cc1. The zero-order chi connectivity index (χ0) is 56.9. The van der Waals surface area contributed by atoms with Crippen molar-refractivity contribution in [1.82, 2.24) is 29.1 Å². The Morgan fingerprint density at radius 2 is 0.488 bits per heavy atom. The zero-order valence-corrected chi connectivity index (χ0v) is 46.7. The molecule has 0 amide bonds. The van der Waals surface area contributed by atoms with Crippen molar-refractivity contribution in [3.05, 3.63) is 315 Å². The van der Waals surface area contributed by atoms with E-state index in [0.717, 1.165) is 128 Å². The van der Waals surface area contributed by atoms with Crippen molar-refractivity contribution in [2.24, 2.45) is 0 Å². The van der Waals surface area contributed by atoms with Gasteiger partial charge in [0.25, 0.3) is 0 Å². The molecule has 0 spiro atoms. The normalized spacial score (nSPS) is 11.5. The maximum Gasteiger partial charge on any atom is 0.235 e. The first kappa shape index (κ1) is 50.2. The topological polar surface area (TPSA) is 61.4 Å². The summed E-state index contributed by atoms with van der Waals surface area (Å²) >= 11 is 0. The van der Waals surface area contributed by atoms with Gasteiger partial charge >= 0.3 is 0 Å². The average molecular weight is 1100 g/mol. The molecule has 0 aliphatic rings. The highest BCUT2D eigenvalue weighted by Crippen LogP contribution is 2.40. The van der Waals surface area contributed by atoms with Crippen LogP contribution in [0.25, 0.3) is 156 Å². The third kappa shape index (κ3) is 9.19. The predicted molar refractivity (Wildman–Crippen MR) is 355 cm³/mol. The highest BCUT2D eigenvalue weighted by molar-refractivity contribution is 6.12. The van der Waals surface area contributed by atoms with Crippen molar-refractivity contribution in [2.45, 2.75) is 0 Å². The molecule has 0 fully saturated rings. The fraction of sp³-hybridized carbons (Fsp3) is 0. The molecule has 6 nitrogen and oxygen atoms in total. The number of hydrogen-bond acceptors (Lipinski definition) is 4. The van der Waals surface area contributed by atoms with Crippen LogP contribution >= 0.6 is 0 Å². The summed E-state index contributed by atoms with van der Waals surface area (Å²) in [6, 6.07) is 112. The Labute approximate surface area is 498 Å². The van der Waals surface area contributed by atoms with Crippen molar-refractivity contribution in [3.63, 3.8) is 0 Å². The fourth-order valence-electron chi connectivity index (χ4n) is 12.3. The maximum atomic E-state index is 5.43. The van der Waals surface area contributed by atoms with Gasteiger partial charge in [0.05, 0.1) is 39.1 Å². The van der Waals surface area contributed by atoms with Crippen LogP contribution in [0.4, 0.5) is 0 Å². The summed E-state index contributed by atoms with van der Waals surface area (Å²) in [5.74, 6) is 2.05. The Morgan fingerprint density at radius 1 is 0.186 bits per heavy atom. The van der Waals surface area contributed by atoms with Crippen LogP contribution < -0.4 is 0 Å². The van der Waals surface area contributed by atoms with Crippen LogP contribution in [0.15, 0.2) is 315 Å². The number of rotatable bonds is 11. The molecule has 0 N–H and O–H groups in total. The largest absolute Gasteiger partial charge is 0.294 e. The van der Waals surface area contributed by atoms with Gasteiger partial charge in [0.1, 0.15) is 5.82 Å². The van der Waals surface area contributed by atoms with Crippen LogP contribution in [0.2, 0.25) is 0 Å². The highest BCUT2D eigenvalue weighted by atomic mass is 15.2. The van der Waals surface area contributed by atoms with E-state index < -0.39 is 0 Å². The molecule has 402 valence electrons. The lowest BCUT2D eigenvalue weighted by molar-refractivity contribution is 0.995. The minimum Gasteiger partial charge on any atom is -0.294 e. The van der Waals surface area contributed by atoms with Crippen LogP contribution in [0.5, 0.6) is 0 Å². The quantitative estimate of drug-likeness (QED) is 0.129.